The van der Waals surface area contributed by atoms with Gasteiger partial charge in [-0.2, -0.15) is 9.67 Å². The number of benzene rings is 3. The van der Waals surface area contributed by atoms with E-state index in [2.05, 4.69) is 20.7 Å². The van der Waals surface area contributed by atoms with Crippen LogP contribution in [0.25, 0.3) is 17.1 Å². The molecule has 3 aromatic carbocycles. The Morgan fingerprint density at radius 1 is 1.17 bits per heavy atom. The van der Waals surface area contributed by atoms with E-state index in [4.69, 9.17) is 9.47 Å². The average Bonchev–Trinajstić information content (AvgIpc) is 3.34. The summed E-state index contributed by atoms with van der Waals surface area (Å²) in [5, 5.41) is 23.9. The molecule has 0 bridgehead atoms. The van der Waals surface area contributed by atoms with Gasteiger partial charge >= 0.3 is 5.16 Å². The van der Waals surface area contributed by atoms with Crippen LogP contribution in [-0.4, -0.2) is 41.8 Å². The van der Waals surface area contributed by atoms with Crippen molar-refractivity contribution in [2.75, 3.05) is 19.5 Å². The van der Waals surface area contributed by atoms with E-state index in [0.29, 0.717) is 17.3 Å². The summed E-state index contributed by atoms with van der Waals surface area (Å²) in [6.07, 6.45) is 1.46. The molecule has 4 aromatic rings. The monoisotopic (exact) mass is 503 g/mol. The highest BCUT2D eigenvalue weighted by molar-refractivity contribution is 7.99. The Hall–Kier alpha value is -4.31. The first-order valence-corrected chi connectivity index (χ1v) is 12.2. The number of para-hydroxylation sites is 1. The number of carbonyl (C=O) groups is 1. The van der Waals surface area contributed by atoms with Crippen molar-refractivity contribution in [1.82, 2.24) is 15.6 Å². The van der Waals surface area contributed by atoms with Crippen molar-refractivity contribution in [2.45, 2.75) is 12.1 Å². The van der Waals surface area contributed by atoms with Gasteiger partial charge in [-0.25, -0.2) is 5.43 Å². The molecule has 0 spiro atoms. The second-order valence-corrected chi connectivity index (χ2v) is 8.42. The number of hydrogen-bond donors (Lipinski definition) is 2. The summed E-state index contributed by atoms with van der Waals surface area (Å²) < 4.78 is 12.5. The molecule has 0 radical (unpaired) electrons. The van der Waals surface area contributed by atoms with Gasteiger partial charge in [0.05, 0.1) is 36.3 Å². The van der Waals surface area contributed by atoms with Crippen LogP contribution in [0.5, 0.6) is 17.2 Å². The van der Waals surface area contributed by atoms with Gasteiger partial charge in [-0.3, -0.25) is 4.79 Å². The van der Waals surface area contributed by atoms with Crippen LogP contribution in [0.15, 0.2) is 83.1 Å². The molecular formula is C26H25N5O4S. The number of hydrogen-bond acceptors (Lipinski definition) is 7. The van der Waals surface area contributed by atoms with E-state index >= 15 is 0 Å². The Labute approximate surface area is 212 Å². The largest absolute Gasteiger partial charge is 0.870 e. The van der Waals surface area contributed by atoms with Crippen molar-refractivity contribution in [3.05, 3.63) is 78.4 Å². The number of methoxy groups -OCH3 is 1. The molecule has 0 fully saturated rings. The van der Waals surface area contributed by atoms with E-state index in [-0.39, 0.29) is 23.2 Å². The maximum absolute atomic E-state index is 12.4. The first-order chi connectivity index (χ1) is 17.6. The minimum Gasteiger partial charge on any atom is -0.870 e. The molecule has 0 unspecified atom stereocenters. The normalized spacial score (nSPS) is 10.9. The molecule has 0 saturated carbocycles. The summed E-state index contributed by atoms with van der Waals surface area (Å²) >= 11 is 1.28. The summed E-state index contributed by atoms with van der Waals surface area (Å²) in [5.41, 5.74) is 4.98. The third-order valence-electron chi connectivity index (χ3n) is 5.05. The molecule has 9 nitrogen and oxygen atoms in total. The number of thioether (sulfide) groups is 1. The predicted octanol–water partition coefficient (Wildman–Crippen LogP) is 3.08. The van der Waals surface area contributed by atoms with Crippen molar-refractivity contribution >= 4 is 23.9 Å². The lowest BCUT2D eigenvalue weighted by atomic mass is 10.2. The SMILES string of the molecule is CCOc1cc(/C=N/NC(=O)CSc2n[nH]c(-c3ccc(OC)cc3)[n+]2-c2ccccc2)ccc1[O-]. The number of ether oxygens (including phenoxy) is 2. The molecule has 184 valence electrons. The quantitative estimate of drug-likeness (QED) is 0.149. The lowest BCUT2D eigenvalue weighted by molar-refractivity contribution is -0.625. The maximum Gasteiger partial charge on any atom is 0.342 e. The van der Waals surface area contributed by atoms with E-state index in [0.717, 1.165) is 22.8 Å². The zero-order valence-corrected chi connectivity index (χ0v) is 20.6. The van der Waals surface area contributed by atoms with Crippen LogP contribution in [-0.2, 0) is 4.79 Å². The average molecular weight is 504 g/mol. The van der Waals surface area contributed by atoms with Crippen LogP contribution in [0, 0.1) is 0 Å². The number of rotatable bonds is 10. The van der Waals surface area contributed by atoms with Crippen LogP contribution >= 0.6 is 11.8 Å². The number of aromatic amines is 1. The second kappa shape index (κ2) is 11.9. The van der Waals surface area contributed by atoms with Gasteiger partial charge in [0, 0.05) is 0 Å². The molecule has 0 aliphatic carbocycles. The van der Waals surface area contributed by atoms with Crippen LogP contribution in [0.2, 0.25) is 0 Å². The minimum atomic E-state index is -0.296. The highest BCUT2D eigenvalue weighted by atomic mass is 32.2. The van der Waals surface area contributed by atoms with Crippen molar-refractivity contribution in [3.8, 4) is 34.3 Å². The first kappa shape index (κ1) is 24.8. The molecule has 4 rings (SSSR count). The number of carbonyl (C=O) groups excluding carboxylic acids is 1. The fourth-order valence-corrected chi connectivity index (χ4v) is 4.13. The summed E-state index contributed by atoms with van der Waals surface area (Å²) in [6.45, 7) is 2.19. The van der Waals surface area contributed by atoms with Gasteiger partial charge in [0.15, 0.2) is 0 Å². The van der Waals surface area contributed by atoms with Crippen LogP contribution in [0.1, 0.15) is 12.5 Å². The molecule has 36 heavy (non-hydrogen) atoms. The van der Waals surface area contributed by atoms with Crippen molar-refractivity contribution in [1.29, 1.82) is 0 Å². The molecule has 1 aromatic heterocycles. The van der Waals surface area contributed by atoms with E-state index in [1.54, 1.807) is 26.2 Å². The minimum absolute atomic E-state index is 0.0980. The van der Waals surface area contributed by atoms with Crippen molar-refractivity contribution in [2.24, 2.45) is 5.10 Å². The lowest BCUT2D eigenvalue weighted by Gasteiger charge is -2.13. The zero-order chi connectivity index (χ0) is 25.3. The van der Waals surface area contributed by atoms with Gasteiger partial charge in [0.25, 0.3) is 11.7 Å². The van der Waals surface area contributed by atoms with Gasteiger partial charge in [0.1, 0.15) is 17.2 Å². The zero-order valence-electron chi connectivity index (χ0n) is 19.8. The molecular weight excluding hydrogens is 478 g/mol. The Balaban J connectivity index is 1.46. The van der Waals surface area contributed by atoms with E-state index < -0.39 is 0 Å². The Morgan fingerprint density at radius 3 is 2.67 bits per heavy atom. The fourth-order valence-electron chi connectivity index (χ4n) is 3.37. The molecule has 10 heteroatoms. The van der Waals surface area contributed by atoms with E-state index in [1.165, 1.54) is 24.0 Å². The smallest absolute Gasteiger partial charge is 0.342 e. The van der Waals surface area contributed by atoms with Gasteiger partial charge in [-0.1, -0.05) is 36.1 Å². The third-order valence-corrected chi connectivity index (χ3v) is 5.99. The summed E-state index contributed by atoms with van der Waals surface area (Å²) in [6, 6.07) is 22.0. The topological polar surface area (TPSA) is 116 Å². The van der Waals surface area contributed by atoms with Crippen LogP contribution < -0.4 is 24.6 Å². The highest BCUT2D eigenvalue weighted by Crippen LogP contribution is 2.24. The first-order valence-electron chi connectivity index (χ1n) is 11.2. The van der Waals surface area contributed by atoms with E-state index in [1.807, 2.05) is 59.2 Å². The molecule has 0 atom stereocenters. The molecule has 0 saturated heterocycles. The summed E-state index contributed by atoms with van der Waals surface area (Å²) in [4.78, 5) is 12.4. The molecule has 0 aliphatic heterocycles. The van der Waals surface area contributed by atoms with E-state index in [9.17, 15) is 9.90 Å². The van der Waals surface area contributed by atoms with Crippen LogP contribution in [0.3, 0.4) is 0 Å². The summed E-state index contributed by atoms with van der Waals surface area (Å²) in [7, 11) is 1.62. The van der Waals surface area contributed by atoms with Gasteiger partial charge in [-0.05, 0) is 66.7 Å². The highest BCUT2D eigenvalue weighted by Gasteiger charge is 2.24. The van der Waals surface area contributed by atoms with Gasteiger partial charge in [0.2, 0.25) is 0 Å². The molecule has 1 amide bonds. The van der Waals surface area contributed by atoms with Crippen LogP contribution in [0.4, 0.5) is 0 Å². The standard InChI is InChI=1S/C26H25N5O4S/c1-3-35-23-15-18(9-14-22(23)32)16-27-28-24(33)17-36-26-30-29-25(19-10-12-21(34-2)13-11-19)31(26)20-7-5-4-6-8-20/h4-16H,3,17H2,1-2H3,(H2,27,28,32,33). The Morgan fingerprint density at radius 2 is 1.94 bits per heavy atom. The maximum atomic E-state index is 12.4. The van der Waals surface area contributed by atoms with Gasteiger partial charge in [-0.15, -0.1) is 5.10 Å². The second-order valence-electron chi connectivity index (χ2n) is 7.48. The lowest BCUT2D eigenvalue weighted by Crippen LogP contribution is -2.34. The summed E-state index contributed by atoms with van der Waals surface area (Å²) in [5.74, 6) is 1.39. The molecule has 1 heterocycles. The Kier molecular flexibility index (Phi) is 8.20. The van der Waals surface area contributed by atoms with Gasteiger partial charge < -0.3 is 14.6 Å². The molecule has 2 N–H and O–H groups in total. The number of amides is 1. The molecule has 0 aliphatic rings. The number of nitrogens with one attached hydrogen (secondary N) is 2. The number of aromatic nitrogens is 3. The number of H-pyrrole nitrogens is 1. The predicted molar refractivity (Wildman–Crippen MR) is 136 cm³/mol. The van der Waals surface area contributed by atoms with Crippen molar-refractivity contribution < 1.29 is 23.9 Å². The Bertz CT molecular complexity index is 1340. The number of hydrazone groups is 1. The van der Waals surface area contributed by atoms with Crippen molar-refractivity contribution in [3.63, 3.8) is 0 Å². The number of nitrogens with zero attached hydrogens (tertiary/aromatic N) is 3. The third kappa shape index (κ3) is 6.02. The fraction of sp³-hybridized carbons (Fsp3) is 0.154.